The van der Waals surface area contributed by atoms with Crippen molar-refractivity contribution in [3.8, 4) is 11.3 Å². The first kappa shape index (κ1) is 16.1. The highest BCUT2D eigenvalue weighted by Gasteiger charge is 2.17. The molecule has 1 amide bonds. The van der Waals surface area contributed by atoms with Crippen molar-refractivity contribution in [1.29, 1.82) is 0 Å². The third kappa shape index (κ3) is 3.61. The van der Waals surface area contributed by atoms with E-state index < -0.39 is 0 Å². The maximum atomic E-state index is 12.3. The number of nitrogens with one attached hydrogen (secondary N) is 1. The lowest BCUT2D eigenvalue weighted by Gasteiger charge is -2.10. The minimum Gasteiger partial charge on any atom is -0.451 e. The SMILES string of the molecule is CC(NC(=O)c1ccc(-c2ccc(Cl)cc2Cl)o1)c1cccs1. The van der Waals surface area contributed by atoms with Crippen molar-refractivity contribution in [2.45, 2.75) is 13.0 Å². The highest BCUT2D eigenvalue weighted by Crippen LogP contribution is 2.31. The van der Waals surface area contributed by atoms with Crippen LogP contribution in [-0.4, -0.2) is 5.91 Å². The Bertz CT molecular complexity index is 827. The van der Waals surface area contributed by atoms with Gasteiger partial charge in [0.1, 0.15) is 5.76 Å². The summed E-state index contributed by atoms with van der Waals surface area (Å²) in [6, 6.07) is 12.3. The van der Waals surface area contributed by atoms with Gasteiger partial charge in [-0.2, -0.15) is 0 Å². The molecule has 1 unspecified atom stereocenters. The molecule has 23 heavy (non-hydrogen) atoms. The lowest BCUT2D eigenvalue weighted by atomic mass is 10.2. The van der Waals surface area contributed by atoms with Crippen LogP contribution in [-0.2, 0) is 0 Å². The van der Waals surface area contributed by atoms with Crippen LogP contribution in [0.15, 0.2) is 52.3 Å². The first-order chi connectivity index (χ1) is 11.0. The van der Waals surface area contributed by atoms with E-state index in [1.54, 1.807) is 41.7 Å². The Morgan fingerprint density at radius 1 is 1.22 bits per heavy atom. The standard InChI is InChI=1S/C17H13Cl2NO2S/c1-10(16-3-2-8-23-16)20-17(21)15-7-6-14(22-15)12-5-4-11(18)9-13(12)19/h2-10H,1H3,(H,20,21). The summed E-state index contributed by atoms with van der Waals surface area (Å²) in [6.07, 6.45) is 0. The van der Waals surface area contributed by atoms with Gasteiger partial charge in [0.25, 0.3) is 5.91 Å². The van der Waals surface area contributed by atoms with E-state index in [0.29, 0.717) is 21.4 Å². The highest BCUT2D eigenvalue weighted by atomic mass is 35.5. The van der Waals surface area contributed by atoms with Crippen LogP contribution in [0.4, 0.5) is 0 Å². The molecule has 0 saturated carbocycles. The fourth-order valence-corrected chi connectivity index (χ4v) is 3.41. The normalized spacial score (nSPS) is 12.1. The number of rotatable bonds is 4. The number of thiophene rings is 1. The van der Waals surface area contributed by atoms with E-state index in [1.165, 1.54) is 0 Å². The van der Waals surface area contributed by atoms with Crippen LogP contribution in [0.2, 0.25) is 10.0 Å². The Kier molecular flexibility index (Phi) is 4.76. The van der Waals surface area contributed by atoms with Gasteiger partial charge < -0.3 is 9.73 Å². The maximum absolute atomic E-state index is 12.3. The van der Waals surface area contributed by atoms with Crippen molar-refractivity contribution in [3.05, 3.63) is 68.5 Å². The number of halogens is 2. The van der Waals surface area contributed by atoms with Gasteiger partial charge in [0, 0.05) is 15.5 Å². The summed E-state index contributed by atoms with van der Waals surface area (Å²) in [6.45, 7) is 1.93. The average molecular weight is 366 g/mol. The number of carbonyl (C=O) groups is 1. The monoisotopic (exact) mass is 365 g/mol. The predicted octanol–water partition coefficient (Wildman–Crippen LogP) is 5.81. The second-order valence-corrected chi connectivity index (χ2v) is 6.82. The molecule has 1 aromatic carbocycles. The van der Waals surface area contributed by atoms with E-state index in [4.69, 9.17) is 27.6 Å². The van der Waals surface area contributed by atoms with Crippen molar-refractivity contribution in [1.82, 2.24) is 5.32 Å². The van der Waals surface area contributed by atoms with Crippen LogP contribution in [0.3, 0.4) is 0 Å². The molecule has 0 aliphatic carbocycles. The number of hydrogen-bond acceptors (Lipinski definition) is 3. The molecule has 3 rings (SSSR count). The first-order valence-electron chi connectivity index (χ1n) is 6.94. The zero-order valence-electron chi connectivity index (χ0n) is 12.2. The van der Waals surface area contributed by atoms with Crippen molar-refractivity contribution < 1.29 is 9.21 Å². The van der Waals surface area contributed by atoms with Gasteiger partial charge in [-0.1, -0.05) is 29.3 Å². The quantitative estimate of drug-likeness (QED) is 0.634. The number of carbonyl (C=O) groups excluding carboxylic acids is 1. The fraction of sp³-hybridized carbons (Fsp3) is 0.118. The fourth-order valence-electron chi connectivity index (χ4n) is 2.17. The molecule has 0 bridgehead atoms. The lowest BCUT2D eigenvalue weighted by molar-refractivity contribution is 0.0913. The van der Waals surface area contributed by atoms with Crippen LogP contribution < -0.4 is 5.32 Å². The highest BCUT2D eigenvalue weighted by molar-refractivity contribution is 7.10. The van der Waals surface area contributed by atoms with Crippen molar-refractivity contribution >= 4 is 40.4 Å². The Morgan fingerprint density at radius 3 is 2.74 bits per heavy atom. The molecule has 0 radical (unpaired) electrons. The van der Waals surface area contributed by atoms with E-state index in [9.17, 15) is 4.79 Å². The average Bonchev–Trinajstić information content (AvgIpc) is 3.19. The summed E-state index contributed by atoms with van der Waals surface area (Å²) in [4.78, 5) is 13.4. The summed E-state index contributed by atoms with van der Waals surface area (Å²) in [5.41, 5.74) is 0.696. The Balaban J connectivity index is 1.77. The summed E-state index contributed by atoms with van der Waals surface area (Å²) in [5.74, 6) is 0.511. The van der Waals surface area contributed by atoms with Gasteiger partial charge >= 0.3 is 0 Å². The maximum Gasteiger partial charge on any atom is 0.287 e. The van der Waals surface area contributed by atoms with Gasteiger partial charge in [-0.3, -0.25) is 4.79 Å². The smallest absolute Gasteiger partial charge is 0.287 e. The second-order valence-electron chi connectivity index (χ2n) is 5.00. The summed E-state index contributed by atoms with van der Waals surface area (Å²) in [5, 5.41) is 5.92. The molecule has 6 heteroatoms. The molecule has 2 aromatic heterocycles. The van der Waals surface area contributed by atoms with Crippen molar-refractivity contribution in [2.75, 3.05) is 0 Å². The summed E-state index contributed by atoms with van der Waals surface area (Å²) >= 11 is 13.6. The Hall–Kier alpha value is -1.75. The molecule has 2 heterocycles. The topological polar surface area (TPSA) is 42.2 Å². The molecular weight excluding hydrogens is 353 g/mol. The lowest BCUT2D eigenvalue weighted by Crippen LogP contribution is -2.25. The van der Waals surface area contributed by atoms with Crippen LogP contribution in [0.1, 0.15) is 28.4 Å². The molecule has 118 valence electrons. The zero-order valence-corrected chi connectivity index (χ0v) is 14.5. The molecule has 0 aliphatic heterocycles. The third-order valence-electron chi connectivity index (χ3n) is 3.34. The molecule has 0 aliphatic rings. The minimum absolute atomic E-state index is 0.0739. The largest absolute Gasteiger partial charge is 0.451 e. The number of amides is 1. The molecule has 0 saturated heterocycles. The second kappa shape index (κ2) is 6.79. The number of furan rings is 1. The molecule has 0 fully saturated rings. The van der Waals surface area contributed by atoms with Crippen LogP contribution in [0.5, 0.6) is 0 Å². The Morgan fingerprint density at radius 2 is 2.04 bits per heavy atom. The van der Waals surface area contributed by atoms with Gasteiger partial charge in [0.2, 0.25) is 0 Å². The molecule has 1 N–H and O–H groups in total. The van der Waals surface area contributed by atoms with E-state index in [2.05, 4.69) is 5.32 Å². The van der Waals surface area contributed by atoms with Crippen LogP contribution in [0.25, 0.3) is 11.3 Å². The van der Waals surface area contributed by atoms with E-state index in [0.717, 1.165) is 4.88 Å². The zero-order chi connectivity index (χ0) is 16.4. The first-order valence-corrected chi connectivity index (χ1v) is 8.57. The molecule has 3 aromatic rings. The summed E-state index contributed by atoms with van der Waals surface area (Å²) < 4.78 is 5.63. The van der Waals surface area contributed by atoms with Gasteiger partial charge in [0.05, 0.1) is 11.1 Å². The molecule has 1 atom stereocenters. The molecule has 0 spiro atoms. The summed E-state index contributed by atoms with van der Waals surface area (Å²) in [7, 11) is 0. The molecule has 3 nitrogen and oxygen atoms in total. The van der Waals surface area contributed by atoms with Gasteiger partial charge in [-0.05, 0) is 48.7 Å². The van der Waals surface area contributed by atoms with Gasteiger partial charge in [0.15, 0.2) is 5.76 Å². The van der Waals surface area contributed by atoms with Crippen LogP contribution >= 0.6 is 34.5 Å². The number of benzene rings is 1. The Labute approximate surface area is 147 Å². The minimum atomic E-state index is -0.262. The van der Waals surface area contributed by atoms with Crippen molar-refractivity contribution in [2.24, 2.45) is 0 Å². The van der Waals surface area contributed by atoms with E-state index in [1.807, 2.05) is 24.4 Å². The van der Waals surface area contributed by atoms with Crippen molar-refractivity contribution in [3.63, 3.8) is 0 Å². The van der Waals surface area contributed by atoms with Gasteiger partial charge in [-0.25, -0.2) is 0 Å². The molecular formula is C17H13Cl2NO2S. The van der Waals surface area contributed by atoms with E-state index in [-0.39, 0.29) is 17.7 Å². The van der Waals surface area contributed by atoms with Crippen LogP contribution in [0, 0.1) is 0 Å². The third-order valence-corrected chi connectivity index (χ3v) is 4.95. The van der Waals surface area contributed by atoms with Gasteiger partial charge in [-0.15, -0.1) is 11.3 Å². The van der Waals surface area contributed by atoms with E-state index >= 15 is 0 Å². The predicted molar refractivity (Wildman–Crippen MR) is 94.4 cm³/mol. The number of hydrogen-bond donors (Lipinski definition) is 1.